The van der Waals surface area contributed by atoms with Gasteiger partial charge in [-0.3, -0.25) is 14.9 Å². The molecule has 8 heteroatoms. The van der Waals surface area contributed by atoms with Crippen molar-refractivity contribution in [1.82, 2.24) is 5.32 Å². The third-order valence-corrected chi connectivity index (χ3v) is 6.80. The number of methoxy groups -OCH3 is 3. The fourth-order valence-corrected chi connectivity index (χ4v) is 5.59. The van der Waals surface area contributed by atoms with Gasteiger partial charge in [0.25, 0.3) is 5.91 Å². The van der Waals surface area contributed by atoms with E-state index in [-0.39, 0.29) is 5.97 Å². The number of hydrogen-bond donors (Lipinski definition) is 2. The molecule has 1 heterocycles. The molecule has 3 rings (SSSR count). The largest absolute Gasteiger partial charge is 0.493 e. The summed E-state index contributed by atoms with van der Waals surface area (Å²) in [6.45, 7) is 5.77. The van der Waals surface area contributed by atoms with Crippen molar-refractivity contribution in [2.75, 3.05) is 27.9 Å². The molecule has 1 aliphatic heterocycles. The Morgan fingerprint density at radius 3 is 2.39 bits per heavy atom. The number of esters is 2. The SMILES string of the molecule is COC(=O)[C@@]1(C)C[C@]2(C)C[C@](C)(C1)C(O)(NCCc1ccc(OC)c(OC)c1)OC2=O. The minimum absolute atomic E-state index is 0.322. The first-order chi connectivity index (χ1) is 14.4. The first-order valence-corrected chi connectivity index (χ1v) is 10.4. The Morgan fingerprint density at radius 1 is 1.10 bits per heavy atom. The van der Waals surface area contributed by atoms with E-state index in [9.17, 15) is 14.7 Å². The van der Waals surface area contributed by atoms with Crippen LogP contribution in [0.1, 0.15) is 45.6 Å². The lowest BCUT2D eigenvalue weighted by atomic mass is 9.52. The van der Waals surface area contributed by atoms with Crippen LogP contribution in [0.2, 0.25) is 0 Å². The summed E-state index contributed by atoms with van der Waals surface area (Å²) in [7, 11) is 4.49. The van der Waals surface area contributed by atoms with E-state index in [1.54, 1.807) is 28.1 Å². The molecule has 1 saturated carbocycles. The first-order valence-electron chi connectivity index (χ1n) is 10.4. The van der Waals surface area contributed by atoms with E-state index in [0.717, 1.165) is 5.56 Å². The molecule has 1 aromatic rings. The average Bonchev–Trinajstić information content (AvgIpc) is 2.71. The van der Waals surface area contributed by atoms with E-state index in [4.69, 9.17) is 18.9 Å². The summed E-state index contributed by atoms with van der Waals surface area (Å²) in [5.74, 6) is -1.54. The molecule has 0 radical (unpaired) electrons. The van der Waals surface area contributed by atoms with E-state index in [1.165, 1.54) is 7.11 Å². The van der Waals surface area contributed by atoms with E-state index in [2.05, 4.69) is 5.32 Å². The molecule has 8 nitrogen and oxygen atoms in total. The van der Waals surface area contributed by atoms with Crippen LogP contribution in [0.15, 0.2) is 18.2 Å². The molecule has 1 aromatic carbocycles. The third kappa shape index (κ3) is 3.99. The van der Waals surface area contributed by atoms with Crippen molar-refractivity contribution in [2.24, 2.45) is 16.2 Å². The molecule has 1 aliphatic carbocycles. The predicted molar refractivity (Wildman–Crippen MR) is 112 cm³/mol. The van der Waals surface area contributed by atoms with Crippen molar-refractivity contribution >= 4 is 11.9 Å². The molecule has 1 saturated heterocycles. The van der Waals surface area contributed by atoms with Crippen molar-refractivity contribution < 1.29 is 33.6 Å². The van der Waals surface area contributed by atoms with Gasteiger partial charge in [0.05, 0.1) is 37.6 Å². The Bertz CT molecular complexity index is 873. The second-order valence-electron chi connectivity index (χ2n) is 9.60. The molecule has 4 atom stereocenters. The van der Waals surface area contributed by atoms with Gasteiger partial charge in [-0.1, -0.05) is 13.0 Å². The maximum atomic E-state index is 12.9. The minimum atomic E-state index is -1.89. The number of nitrogens with one attached hydrogen (secondary N) is 1. The Labute approximate surface area is 183 Å². The summed E-state index contributed by atoms with van der Waals surface area (Å²) in [4.78, 5) is 25.4. The molecule has 2 N–H and O–H groups in total. The molecule has 2 bridgehead atoms. The third-order valence-electron chi connectivity index (χ3n) is 6.80. The maximum absolute atomic E-state index is 12.9. The molecule has 2 fully saturated rings. The molecule has 0 aromatic heterocycles. The van der Waals surface area contributed by atoms with Crippen LogP contribution < -0.4 is 14.8 Å². The van der Waals surface area contributed by atoms with Gasteiger partial charge in [0.15, 0.2) is 11.5 Å². The van der Waals surface area contributed by atoms with Crippen LogP contribution >= 0.6 is 0 Å². The van der Waals surface area contributed by atoms with Crippen molar-refractivity contribution in [3.63, 3.8) is 0 Å². The second kappa shape index (κ2) is 7.98. The van der Waals surface area contributed by atoms with Crippen LogP contribution in [0.25, 0.3) is 0 Å². The molecular weight excluding hydrogens is 402 g/mol. The van der Waals surface area contributed by atoms with Crippen LogP contribution in [-0.2, 0) is 25.5 Å². The number of carbonyl (C=O) groups excluding carboxylic acids is 2. The first kappa shape index (κ1) is 23.3. The van der Waals surface area contributed by atoms with Gasteiger partial charge in [-0.2, -0.15) is 0 Å². The number of benzene rings is 1. The standard InChI is InChI=1S/C23H33NO7/c1-20(18(25)30-6)12-21(2)14-22(3,13-20)23(27,31-19(21)26)24-10-9-15-7-8-16(28-4)17(11-15)29-5/h7-8,11,24,27H,9-10,12-14H2,1-6H3/t20-,21+,22-,23?/m0/s1. The van der Waals surface area contributed by atoms with Crippen molar-refractivity contribution in [3.8, 4) is 11.5 Å². The Hall–Kier alpha value is -2.32. The monoisotopic (exact) mass is 435 g/mol. The fourth-order valence-electron chi connectivity index (χ4n) is 5.59. The summed E-state index contributed by atoms with van der Waals surface area (Å²) < 4.78 is 21.2. The van der Waals surface area contributed by atoms with Gasteiger partial charge in [-0.15, -0.1) is 0 Å². The normalized spacial score (nSPS) is 34.6. The van der Waals surface area contributed by atoms with Crippen molar-refractivity contribution in [2.45, 2.75) is 52.4 Å². The summed E-state index contributed by atoms with van der Waals surface area (Å²) in [6, 6.07) is 5.60. The number of aliphatic hydroxyl groups is 1. The molecule has 1 unspecified atom stereocenters. The van der Waals surface area contributed by atoms with Crippen LogP contribution in [0, 0.1) is 16.2 Å². The topological polar surface area (TPSA) is 103 Å². The lowest BCUT2D eigenvalue weighted by Gasteiger charge is -2.59. The number of rotatable bonds is 7. The molecule has 0 spiro atoms. The Kier molecular flexibility index (Phi) is 6.01. The molecule has 31 heavy (non-hydrogen) atoms. The maximum Gasteiger partial charge on any atom is 0.315 e. The van der Waals surface area contributed by atoms with Crippen LogP contribution in [0.3, 0.4) is 0 Å². The van der Waals surface area contributed by atoms with Gasteiger partial charge >= 0.3 is 11.9 Å². The van der Waals surface area contributed by atoms with E-state index >= 15 is 0 Å². The second-order valence-corrected chi connectivity index (χ2v) is 9.60. The van der Waals surface area contributed by atoms with Crippen LogP contribution in [0.4, 0.5) is 0 Å². The minimum Gasteiger partial charge on any atom is -0.493 e. The van der Waals surface area contributed by atoms with Gasteiger partial charge < -0.3 is 24.1 Å². The zero-order valence-electron chi connectivity index (χ0n) is 19.2. The number of cyclic esters (lactones) is 1. The van der Waals surface area contributed by atoms with Gasteiger partial charge in [-0.05, 0) is 57.2 Å². The summed E-state index contributed by atoms with van der Waals surface area (Å²) in [5, 5.41) is 14.5. The van der Waals surface area contributed by atoms with Crippen LogP contribution in [0.5, 0.6) is 11.5 Å². The highest BCUT2D eigenvalue weighted by Crippen LogP contribution is 2.61. The highest BCUT2D eigenvalue weighted by Gasteiger charge is 2.68. The summed E-state index contributed by atoms with van der Waals surface area (Å²) in [6.07, 6.45) is 1.62. The van der Waals surface area contributed by atoms with Gasteiger partial charge in [0.1, 0.15) is 0 Å². The van der Waals surface area contributed by atoms with E-state index in [1.807, 2.05) is 25.1 Å². The quantitative estimate of drug-likeness (QED) is 0.497. The summed E-state index contributed by atoms with van der Waals surface area (Å²) >= 11 is 0. The van der Waals surface area contributed by atoms with E-state index < -0.39 is 28.1 Å². The molecular formula is C23H33NO7. The van der Waals surface area contributed by atoms with Crippen molar-refractivity contribution in [1.29, 1.82) is 0 Å². The fraction of sp³-hybridized carbons (Fsp3) is 0.652. The highest BCUT2D eigenvalue weighted by molar-refractivity contribution is 5.82. The number of ether oxygens (including phenoxy) is 4. The number of carbonyl (C=O) groups is 2. The lowest BCUT2D eigenvalue weighted by Crippen LogP contribution is -2.70. The Morgan fingerprint density at radius 2 is 1.77 bits per heavy atom. The number of fused-ring (bicyclic) bond motifs is 2. The summed E-state index contributed by atoms with van der Waals surface area (Å²) in [5.41, 5.74) is -1.66. The highest BCUT2D eigenvalue weighted by atomic mass is 16.7. The average molecular weight is 436 g/mol. The van der Waals surface area contributed by atoms with Gasteiger partial charge in [0.2, 0.25) is 0 Å². The predicted octanol–water partition coefficient (Wildman–Crippen LogP) is 2.41. The Balaban J connectivity index is 1.79. The lowest BCUT2D eigenvalue weighted by molar-refractivity contribution is -0.324. The zero-order valence-corrected chi connectivity index (χ0v) is 19.2. The van der Waals surface area contributed by atoms with E-state index in [0.29, 0.717) is 43.7 Å². The van der Waals surface area contributed by atoms with Crippen LogP contribution in [-0.4, -0.2) is 50.8 Å². The molecule has 2 aliphatic rings. The zero-order chi connectivity index (χ0) is 23.1. The molecule has 0 amide bonds. The van der Waals surface area contributed by atoms with Gasteiger partial charge in [-0.25, -0.2) is 0 Å². The van der Waals surface area contributed by atoms with Crippen molar-refractivity contribution in [3.05, 3.63) is 23.8 Å². The van der Waals surface area contributed by atoms with Gasteiger partial charge in [0, 0.05) is 6.54 Å². The smallest absolute Gasteiger partial charge is 0.315 e. The molecule has 172 valence electrons. The number of hydrogen-bond acceptors (Lipinski definition) is 8.